The molecule has 0 atom stereocenters. The minimum atomic E-state index is -0.628. The number of halogens is 1. The van der Waals surface area contributed by atoms with Crippen LogP contribution in [0.3, 0.4) is 0 Å². The second-order valence-electron chi connectivity index (χ2n) is 5.58. The summed E-state index contributed by atoms with van der Waals surface area (Å²) in [6.07, 6.45) is 0. The molecule has 0 unspecified atom stereocenters. The summed E-state index contributed by atoms with van der Waals surface area (Å²) in [4.78, 5) is 23.0. The third kappa shape index (κ3) is 4.41. The number of furan rings is 1. The van der Waals surface area contributed by atoms with Crippen molar-refractivity contribution in [1.29, 1.82) is 0 Å². The second kappa shape index (κ2) is 8.45. The van der Waals surface area contributed by atoms with Gasteiger partial charge in [0.05, 0.1) is 23.1 Å². The summed E-state index contributed by atoms with van der Waals surface area (Å²) in [7, 11) is 1.40. The van der Waals surface area contributed by atoms with Crippen LogP contribution in [0.25, 0.3) is 0 Å². The standard InChI is InChI=1S/C19H15ClN2O6/c1-26-12-6-8-15(16(10-12)22(24)25)21-19(23)18-9-7-13(28-18)11-27-17-5-3-2-4-14(17)20/h2-10H,11H2,1H3,(H,21,23). The molecule has 0 radical (unpaired) electrons. The quantitative estimate of drug-likeness (QED) is 0.454. The van der Waals surface area contributed by atoms with E-state index < -0.39 is 10.8 Å². The molecule has 0 saturated carbocycles. The molecule has 3 aromatic rings. The molecule has 0 fully saturated rings. The molecule has 28 heavy (non-hydrogen) atoms. The molecule has 1 N–H and O–H groups in total. The average Bonchev–Trinajstić information content (AvgIpc) is 3.16. The van der Waals surface area contributed by atoms with Crippen LogP contribution in [-0.4, -0.2) is 17.9 Å². The van der Waals surface area contributed by atoms with Crippen molar-refractivity contribution < 1.29 is 23.6 Å². The van der Waals surface area contributed by atoms with E-state index >= 15 is 0 Å². The van der Waals surface area contributed by atoms with E-state index in [2.05, 4.69) is 5.32 Å². The van der Waals surface area contributed by atoms with E-state index in [1.807, 2.05) is 0 Å². The van der Waals surface area contributed by atoms with Crippen molar-refractivity contribution >= 4 is 28.9 Å². The Kier molecular flexibility index (Phi) is 5.81. The molecule has 1 aromatic heterocycles. The SMILES string of the molecule is COc1ccc(NC(=O)c2ccc(COc3ccccc3Cl)o2)c([N+](=O)[O-])c1. The summed E-state index contributed by atoms with van der Waals surface area (Å²) in [5, 5.41) is 14.1. The third-order valence-electron chi connectivity index (χ3n) is 3.74. The van der Waals surface area contributed by atoms with E-state index in [1.54, 1.807) is 30.3 Å². The minimum absolute atomic E-state index is 0.0112. The Morgan fingerprint density at radius 1 is 1.21 bits per heavy atom. The van der Waals surface area contributed by atoms with Crippen LogP contribution in [0.2, 0.25) is 5.02 Å². The molecule has 0 aliphatic carbocycles. The summed E-state index contributed by atoms with van der Waals surface area (Å²) in [6, 6.07) is 14.1. The van der Waals surface area contributed by atoms with Crippen LogP contribution in [-0.2, 0) is 6.61 Å². The fourth-order valence-electron chi connectivity index (χ4n) is 2.37. The van der Waals surface area contributed by atoms with E-state index in [1.165, 1.54) is 31.4 Å². The first-order chi connectivity index (χ1) is 13.5. The first kappa shape index (κ1) is 19.2. The summed E-state index contributed by atoms with van der Waals surface area (Å²) < 4.78 is 16.0. The number of methoxy groups -OCH3 is 1. The lowest BCUT2D eigenvalue weighted by Gasteiger charge is -2.07. The highest BCUT2D eigenvalue weighted by Crippen LogP contribution is 2.29. The topological polar surface area (TPSA) is 104 Å². The van der Waals surface area contributed by atoms with Crippen LogP contribution in [0.4, 0.5) is 11.4 Å². The van der Waals surface area contributed by atoms with Gasteiger partial charge in [0.2, 0.25) is 0 Å². The molecule has 0 aliphatic heterocycles. The Balaban J connectivity index is 1.69. The van der Waals surface area contributed by atoms with Gasteiger partial charge in [0.1, 0.15) is 29.6 Å². The highest BCUT2D eigenvalue weighted by molar-refractivity contribution is 6.32. The zero-order chi connectivity index (χ0) is 20.1. The monoisotopic (exact) mass is 402 g/mol. The van der Waals surface area contributed by atoms with E-state index in [4.69, 9.17) is 25.5 Å². The fourth-order valence-corrected chi connectivity index (χ4v) is 2.56. The fraction of sp³-hybridized carbons (Fsp3) is 0.105. The molecule has 3 rings (SSSR count). The number of benzene rings is 2. The van der Waals surface area contributed by atoms with Gasteiger partial charge in [0.25, 0.3) is 11.6 Å². The second-order valence-corrected chi connectivity index (χ2v) is 5.99. The van der Waals surface area contributed by atoms with Crippen LogP contribution in [0.1, 0.15) is 16.3 Å². The van der Waals surface area contributed by atoms with E-state index in [-0.39, 0.29) is 23.7 Å². The zero-order valence-electron chi connectivity index (χ0n) is 14.7. The molecule has 9 heteroatoms. The van der Waals surface area contributed by atoms with Crippen molar-refractivity contribution in [3.05, 3.63) is 81.3 Å². The molecule has 144 valence electrons. The summed E-state index contributed by atoms with van der Waals surface area (Å²) in [6.45, 7) is 0.0691. The number of nitrogens with one attached hydrogen (secondary N) is 1. The number of ether oxygens (including phenoxy) is 2. The Labute approximate surface area is 164 Å². The van der Waals surface area contributed by atoms with Gasteiger partial charge in [-0.15, -0.1) is 0 Å². The number of amides is 1. The number of para-hydroxylation sites is 1. The van der Waals surface area contributed by atoms with Gasteiger partial charge < -0.3 is 19.2 Å². The molecule has 1 amide bonds. The van der Waals surface area contributed by atoms with Crippen molar-refractivity contribution in [3.8, 4) is 11.5 Å². The van der Waals surface area contributed by atoms with Crippen molar-refractivity contribution in [2.45, 2.75) is 6.61 Å². The number of anilines is 1. The minimum Gasteiger partial charge on any atom is -0.496 e. The number of hydrogen-bond donors (Lipinski definition) is 1. The highest BCUT2D eigenvalue weighted by Gasteiger charge is 2.19. The summed E-state index contributed by atoms with van der Waals surface area (Å²) in [5.74, 6) is 0.552. The van der Waals surface area contributed by atoms with Gasteiger partial charge >= 0.3 is 0 Å². The Bertz CT molecular complexity index is 1020. The summed E-state index contributed by atoms with van der Waals surface area (Å²) >= 11 is 6.01. The first-order valence-electron chi connectivity index (χ1n) is 8.07. The molecular formula is C19H15ClN2O6. The van der Waals surface area contributed by atoms with Crippen LogP contribution < -0.4 is 14.8 Å². The maximum atomic E-state index is 12.4. The van der Waals surface area contributed by atoms with Gasteiger partial charge in [-0.3, -0.25) is 14.9 Å². The number of hydrogen-bond acceptors (Lipinski definition) is 6. The Hall–Kier alpha value is -3.52. The molecule has 0 spiro atoms. The number of nitro benzene ring substituents is 1. The number of nitro groups is 1. The largest absolute Gasteiger partial charge is 0.496 e. The van der Waals surface area contributed by atoms with Crippen molar-refractivity contribution in [2.24, 2.45) is 0 Å². The Morgan fingerprint density at radius 3 is 2.71 bits per heavy atom. The number of carbonyl (C=O) groups excluding carboxylic acids is 1. The van der Waals surface area contributed by atoms with Crippen LogP contribution in [0.15, 0.2) is 59.0 Å². The number of carbonyl (C=O) groups is 1. The van der Waals surface area contributed by atoms with E-state index in [0.717, 1.165) is 0 Å². The summed E-state index contributed by atoms with van der Waals surface area (Å²) in [5.41, 5.74) is -0.261. The highest BCUT2D eigenvalue weighted by atomic mass is 35.5. The molecule has 0 bridgehead atoms. The average molecular weight is 403 g/mol. The zero-order valence-corrected chi connectivity index (χ0v) is 15.4. The van der Waals surface area contributed by atoms with Gasteiger partial charge in [-0.25, -0.2) is 0 Å². The first-order valence-corrected chi connectivity index (χ1v) is 8.45. The van der Waals surface area contributed by atoms with Crippen molar-refractivity contribution in [2.75, 3.05) is 12.4 Å². The Morgan fingerprint density at radius 2 is 2.00 bits per heavy atom. The van der Waals surface area contributed by atoms with Gasteiger partial charge in [-0.1, -0.05) is 23.7 Å². The van der Waals surface area contributed by atoms with E-state index in [0.29, 0.717) is 22.3 Å². The number of nitrogens with zero attached hydrogens (tertiary/aromatic N) is 1. The van der Waals surface area contributed by atoms with Gasteiger partial charge in [0, 0.05) is 0 Å². The molecule has 1 heterocycles. The lowest BCUT2D eigenvalue weighted by molar-refractivity contribution is -0.384. The lowest BCUT2D eigenvalue weighted by Crippen LogP contribution is -2.12. The molecule has 2 aromatic carbocycles. The van der Waals surface area contributed by atoms with Crippen molar-refractivity contribution in [3.63, 3.8) is 0 Å². The van der Waals surface area contributed by atoms with Crippen LogP contribution in [0, 0.1) is 10.1 Å². The van der Waals surface area contributed by atoms with Crippen LogP contribution >= 0.6 is 11.6 Å². The molecular weight excluding hydrogens is 388 g/mol. The predicted molar refractivity (Wildman–Crippen MR) is 102 cm³/mol. The maximum absolute atomic E-state index is 12.4. The predicted octanol–water partition coefficient (Wildman–Crippen LogP) is 4.68. The molecule has 8 nitrogen and oxygen atoms in total. The van der Waals surface area contributed by atoms with Gasteiger partial charge in [0.15, 0.2) is 5.76 Å². The van der Waals surface area contributed by atoms with Gasteiger partial charge in [-0.05, 0) is 36.4 Å². The third-order valence-corrected chi connectivity index (χ3v) is 4.05. The normalized spacial score (nSPS) is 10.4. The lowest BCUT2D eigenvalue weighted by atomic mass is 10.2. The van der Waals surface area contributed by atoms with Crippen LogP contribution in [0.5, 0.6) is 11.5 Å². The number of rotatable bonds is 7. The van der Waals surface area contributed by atoms with Crippen molar-refractivity contribution in [1.82, 2.24) is 0 Å². The van der Waals surface area contributed by atoms with Gasteiger partial charge in [-0.2, -0.15) is 0 Å². The molecule has 0 aliphatic rings. The smallest absolute Gasteiger partial charge is 0.296 e. The maximum Gasteiger partial charge on any atom is 0.296 e. The van der Waals surface area contributed by atoms with E-state index in [9.17, 15) is 14.9 Å². The molecule has 0 saturated heterocycles.